The van der Waals surface area contributed by atoms with E-state index >= 15 is 0 Å². The highest BCUT2D eigenvalue weighted by Crippen LogP contribution is 2.31. The summed E-state index contributed by atoms with van der Waals surface area (Å²) in [7, 11) is 3.12. The first-order chi connectivity index (χ1) is 11.1. The van der Waals surface area contributed by atoms with Crippen LogP contribution in [0, 0.1) is 0 Å². The molecule has 1 saturated carbocycles. The molecule has 0 amide bonds. The molecule has 1 aliphatic rings. The highest BCUT2D eigenvalue weighted by Gasteiger charge is 2.25. The molecule has 0 spiro atoms. The summed E-state index contributed by atoms with van der Waals surface area (Å²) in [6.07, 6.45) is 3.35. The normalized spacial score (nSPS) is 20.7. The zero-order valence-electron chi connectivity index (χ0n) is 13.1. The van der Waals surface area contributed by atoms with Crippen molar-refractivity contribution < 1.29 is 14.3 Å². The number of fused-ring (bicyclic) bond motifs is 1. The van der Waals surface area contributed by atoms with Crippen molar-refractivity contribution in [3.8, 4) is 0 Å². The maximum atomic E-state index is 11.9. The van der Waals surface area contributed by atoms with Gasteiger partial charge >= 0.3 is 5.97 Å². The number of nitrogens with zero attached hydrogens (tertiary/aromatic N) is 1. The molecule has 1 aromatic carbocycles. The third-order valence-electron chi connectivity index (χ3n) is 4.24. The van der Waals surface area contributed by atoms with Crippen LogP contribution >= 0.6 is 15.9 Å². The average molecular weight is 379 g/mol. The number of hydrogen-bond donors (Lipinski definition) is 1. The van der Waals surface area contributed by atoms with Crippen LogP contribution in [0.3, 0.4) is 0 Å². The predicted octanol–water partition coefficient (Wildman–Crippen LogP) is 3.76. The third-order valence-corrected chi connectivity index (χ3v) is 4.74. The predicted molar refractivity (Wildman–Crippen MR) is 92.8 cm³/mol. The van der Waals surface area contributed by atoms with E-state index in [2.05, 4.69) is 26.2 Å². The third kappa shape index (κ3) is 3.48. The summed E-state index contributed by atoms with van der Waals surface area (Å²) < 4.78 is 11.2. The molecule has 6 heteroatoms. The minimum atomic E-state index is -0.431. The maximum Gasteiger partial charge on any atom is 0.356 e. The van der Waals surface area contributed by atoms with Crippen molar-refractivity contribution in [3.05, 3.63) is 34.4 Å². The van der Waals surface area contributed by atoms with Gasteiger partial charge in [-0.15, -0.1) is 0 Å². The van der Waals surface area contributed by atoms with Crippen molar-refractivity contribution in [1.29, 1.82) is 0 Å². The molecule has 23 heavy (non-hydrogen) atoms. The van der Waals surface area contributed by atoms with Gasteiger partial charge in [-0.25, -0.2) is 9.78 Å². The fourth-order valence-electron chi connectivity index (χ4n) is 3.03. The van der Waals surface area contributed by atoms with E-state index in [0.717, 1.165) is 40.3 Å². The fourth-order valence-corrected chi connectivity index (χ4v) is 3.39. The Bertz CT molecular complexity index is 735. The molecule has 1 aromatic heterocycles. The summed E-state index contributed by atoms with van der Waals surface area (Å²) in [5, 5.41) is 4.53. The van der Waals surface area contributed by atoms with E-state index in [1.807, 2.05) is 18.2 Å². The topological polar surface area (TPSA) is 60.5 Å². The number of rotatable bonds is 4. The van der Waals surface area contributed by atoms with Crippen molar-refractivity contribution in [2.45, 2.75) is 31.4 Å². The van der Waals surface area contributed by atoms with Crippen molar-refractivity contribution in [3.63, 3.8) is 0 Å². The number of methoxy groups -OCH3 is 2. The van der Waals surface area contributed by atoms with Crippen LogP contribution in [0.2, 0.25) is 0 Å². The minimum Gasteiger partial charge on any atom is -0.464 e. The van der Waals surface area contributed by atoms with Gasteiger partial charge in [0, 0.05) is 28.7 Å². The van der Waals surface area contributed by atoms with Crippen molar-refractivity contribution in [1.82, 2.24) is 4.98 Å². The number of carbonyl (C=O) groups is 1. The highest BCUT2D eigenvalue weighted by atomic mass is 79.9. The lowest BCUT2D eigenvalue weighted by atomic mass is 10.1. The maximum absolute atomic E-state index is 11.9. The second-order valence-electron chi connectivity index (χ2n) is 5.72. The number of pyridine rings is 1. The Labute approximate surface area is 143 Å². The molecule has 0 bridgehead atoms. The first-order valence-corrected chi connectivity index (χ1v) is 8.38. The number of aromatic nitrogens is 1. The largest absolute Gasteiger partial charge is 0.464 e. The molecule has 0 saturated heterocycles. The van der Waals surface area contributed by atoms with E-state index in [9.17, 15) is 4.79 Å². The van der Waals surface area contributed by atoms with Crippen LogP contribution in [0.4, 0.5) is 5.69 Å². The lowest BCUT2D eigenvalue weighted by molar-refractivity contribution is 0.0594. The molecule has 2 atom stereocenters. The van der Waals surface area contributed by atoms with Gasteiger partial charge in [-0.1, -0.05) is 15.9 Å². The quantitative estimate of drug-likeness (QED) is 0.820. The molecule has 2 unspecified atom stereocenters. The number of benzene rings is 1. The Morgan fingerprint density at radius 3 is 2.83 bits per heavy atom. The number of ether oxygens (including phenoxy) is 2. The highest BCUT2D eigenvalue weighted by molar-refractivity contribution is 9.10. The van der Waals surface area contributed by atoms with Gasteiger partial charge in [0.15, 0.2) is 5.69 Å². The Balaban J connectivity index is 1.99. The fraction of sp³-hybridized carbons (Fsp3) is 0.412. The molecular formula is C17H19BrN2O3. The number of nitrogens with one attached hydrogen (secondary N) is 1. The van der Waals surface area contributed by atoms with Gasteiger partial charge in [0.2, 0.25) is 0 Å². The molecule has 1 fully saturated rings. The smallest absolute Gasteiger partial charge is 0.356 e. The van der Waals surface area contributed by atoms with Crippen molar-refractivity contribution >= 4 is 38.5 Å². The molecule has 1 heterocycles. The molecular weight excluding hydrogens is 360 g/mol. The van der Waals surface area contributed by atoms with E-state index < -0.39 is 5.97 Å². The van der Waals surface area contributed by atoms with Crippen LogP contribution in [0.1, 0.15) is 29.8 Å². The van der Waals surface area contributed by atoms with Gasteiger partial charge < -0.3 is 14.8 Å². The Morgan fingerprint density at radius 2 is 2.13 bits per heavy atom. The monoisotopic (exact) mass is 378 g/mol. The number of esters is 1. The molecule has 1 aliphatic carbocycles. The minimum absolute atomic E-state index is 0.299. The number of anilines is 1. The van der Waals surface area contributed by atoms with E-state index in [4.69, 9.17) is 9.47 Å². The van der Waals surface area contributed by atoms with E-state index in [0.29, 0.717) is 17.8 Å². The van der Waals surface area contributed by atoms with Crippen molar-refractivity contribution in [2.75, 3.05) is 19.5 Å². The second kappa shape index (κ2) is 6.84. The molecule has 0 radical (unpaired) electrons. The number of carbonyl (C=O) groups excluding carboxylic acids is 1. The first kappa shape index (κ1) is 16.2. The van der Waals surface area contributed by atoms with Gasteiger partial charge in [0.1, 0.15) is 0 Å². The molecule has 5 nitrogen and oxygen atoms in total. The summed E-state index contributed by atoms with van der Waals surface area (Å²) in [5.41, 5.74) is 1.98. The van der Waals surface area contributed by atoms with E-state index in [1.54, 1.807) is 13.2 Å². The van der Waals surface area contributed by atoms with Gasteiger partial charge in [0.25, 0.3) is 0 Å². The van der Waals surface area contributed by atoms with E-state index in [-0.39, 0.29) is 0 Å². The van der Waals surface area contributed by atoms with Crippen LogP contribution in [0.5, 0.6) is 0 Å². The standard InChI is InChI=1S/C17H19BrN2O3/c1-22-12-5-4-11(8-12)19-15-9-16(17(21)23-2)20-14-6-3-10(18)7-13(14)15/h3,6-7,9,11-12H,4-5,8H2,1-2H3,(H,19,20). The van der Waals surface area contributed by atoms with Crippen LogP contribution < -0.4 is 5.32 Å². The molecule has 3 rings (SSSR count). The zero-order chi connectivity index (χ0) is 16.4. The summed E-state index contributed by atoms with van der Waals surface area (Å²) >= 11 is 3.49. The molecule has 1 N–H and O–H groups in total. The van der Waals surface area contributed by atoms with Crippen LogP contribution in [-0.4, -0.2) is 37.3 Å². The second-order valence-corrected chi connectivity index (χ2v) is 6.64. The number of halogens is 1. The Morgan fingerprint density at radius 1 is 1.30 bits per heavy atom. The SMILES string of the molecule is COC(=O)c1cc(NC2CCC(OC)C2)c2cc(Br)ccc2n1. The zero-order valence-corrected chi connectivity index (χ0v) is 14.7. The van der Waals surface area contributed by atoms with Gasteiger partial charge in [0.05, 0.1) is 18.7 Å². The Hall–Kier alpha value is -1.66. The summed E-state index contributed by atoms with van der Waals surface area (Å²) in [6, 6.07) is 7.91. The van der Waals surface area contributed by atoms with Crippen LogP contribution in [-0.2, 0) is 9.47 Å². The van der Waals surface area contributed by atoms with Crippen LogP contribution in [0.25, 0.3) is 10.9 Å². The van der Waals surface area contributed by atoms with Gasteiger partial charge in [-0.05, 0) is 43.5 Å². The Kier molecular flexibility index (Phi) is 4.82. The van der Waals surface area contributed by atoms with Crippen LogP contribution in [0.15, 0.2) is 28.7 Å². The summed E-state index contributed by atoms with van der Waals surface area (Å²) in [6.45, 7) is 0. The first-order valence-electron chi connectivity index (χ1n) is 7.58. The molecule has 0 aliphatic heterocycles. The lowest BCUT2D eigenvalue weighted by Crippen LogP contribution is -2.18. The summed E-state index contributed by atoms with van der Waals surface area (Å²) in [4.78, 5) is 16.3. The molecule has 2 aromatic rings. The molecule has 122 valence electrons. The number of hydrogen-bond acceptors (Lipinski definition) is 5. The van der Waals surface area contributed by atoms with E-state index in [1.165, 1.54) is 7.11 Å². The van der Waals surface area contributed by atoms with Crippen molar-refractivity contribution in [2.24, 2.45) is 0 Å². The van der Waals surface area contributed by atoms with Gasteiger partial charge in [-0.3, -0.25) is 0 Å². The lowest BCUT2D eigenvalue weighted by Gasteiger charge is -2.17. The average Bonchev–Trinajstić information content (AvgIpc) is 3.02. The summed E-state index contributed by atoms with van der Waals surface area (Å²) in [5.74, 6) is -0.431. The van der Waals surface area contributed by atoms with Gasteiger partial charge in [-0.2, -0.15) is 0 Å².